The summed E-state index contributed by atoms with van der Waals surface area (Å²) < 4.78 is 26.0. The number of ether oxygens (including phenoxy) is 1. The number of furan rings is 1. The first kappa shape index (κ1) is 27.4. The highest BCUT2D eigenvalue weighted by Gasteiger charge is 2.23. The topological polar surface area (TPSA) is 92.6 Å². The summed E-state index contributed by atoms with van der Waals surface area (Å²) in [5.74, 6) is 0.483. The van der Waals surface area contributed by atoms with Gasteiger partial charge in [-0.05, 0) is 85.5 Å². The number of hydrogen-bond acceptors (Lipinski definition) is 5. The minimum atomic E-state index is -0.374. The van der Waals surface area contributed by atoms with E-state index in [1.54, 1.807) is 31.3 Å². The van der Waals surface area contributed by atoms with Crippen LogP contribution in [0.15, 0.2) is 65.1 Å². The van der Waals surface area contributed by atoms with E-state index < -0.39 is 0 Å². The number of benzene rings is 3. The van der Waals surface area contributed by atoms with Crippen molar-refractivity contribution >= 4 is 22.8 Å². The smallest absolute Gasteiger partial charge is 0.255 e. The highest BCUT2D eigenvalue weighted by Crippen LogP contribution is 2.38. The molecule has 7 nitrogen and oxygen atoms in total. The van der Waals surface area contributed by atoms with Crippen molar-refractivity contribution in [3.63, 3.8) is 0 Å². The third kappa shape index (κ3) is 5.87. The van der Waals surface area contributed by atoms with Gasteiger partial charge in [-0.15, -0.1) is 0 Å². The molecule has 2 heterocycles. The van der Waals surface area contributed by atoms with E-state index in [4.69, 9.17) is 9.15 Å². The van der Waals surface area contributed by atoms with Gasteiger partial charge >= 0.3 is 0 Å². The molecule has 2 amide bonds. The predicted octanol–water partition coefficient (Wildman–Crippen LogP) is 5.78. The van der Waals surface area contributed by atoms with Crippen LogP contribution in [0, 0.1) is 11.7 Å². The maximum Gasteiger partial charge on any atom is 0.255 e. The molecule has 0 bridgehead atoms. The maximum atomic E-state index is 13.6. The fourth-order valence-electron chi connectivity index (χ4n) is 4.93. The average Bonchev–Trinajstić information content (AvgIpc) is 3.62. The third-order valence-electron chi connectivity index (χ3n) is 7.07. The predicted molar refractivity (Wildman–Crippen MR) is 154 cm³/mol. The fraction of sp³-hybridized carbons (Fsp3) is 0.312. The van der Waals surface area contributed by atoms with Crippen LogP contribution in [0.1, 0.15) is 47.4 Å². The van der Waals surface area contributed by atoms with Gasteiger partial charge in [-0.25, -0.2) is 4.39 Å². The van der Waals surface area contributed by atoms with E-state index in [2.05, 4.69) is 16.0 Å². The molecule has 8 heteroatoms. The zero-order valence-electron chi connectivity index (χ0n) is 23.0. The van der Waals surface area contributed by atoms with E-state index in [-0.39, 0.29) is 23.7 Å². The van der Waals surface area contributed by atoms with E-state index in [1.165, 1.54) is 12.1 Å². The van der Waals surface area contributed by atoms with Crippen LogP contribution in [0.3, 0.4) is 0 Å². The molecule has 3 aromatic carbocycles. The van der Waals surface area contributed by atoms with Crippen molar-refractivity contribution in [1.82, 2.24) is 16.0 Å². The molecule has 208 valence electrons. The van der Waals surface area contributed by atoms with Crippen LogP contribution < -0.4 is 20.7 Å². The first-order valence-electron chi connectivity index (χ1n) is 13.7. The van der Waals surface area contributed by atoms with E-state index in [0.717, 1.165) is 30.5 Å². The Morgan fingerprint density at radius 1 is 1.05 bits per heavy atom. The van der Waals surface area contributed by atoms with Gasteiger partial charge in [0.1, 0.15) is 29.5 Å². The van der Waals surface area contributed by atoms with Crippen LogP contribution in [0.5, 0.6) is 5.75 Å². The van der Waals surface area contributed by atoms with E-state index >= 15 is 0 Å². The molecule has 5 rings (SSSR count). The zero-order valence-corrected chi connectivity index (χ0v) is 23.0. The minimum Gasteiger partial charge on any atom is -0.491 e. The molecule has 1 unspecified atom stereocenters. The van der Waals surface area contributed by atoms with Crippen molar-refractivity contribution in [2.45, 2.75) is 32.7 Å². The molecule has 1 aliphatic rings. The first-order chi connectivity index (χ1) is 19.3. The lowest BCUT2D eigenvalue weighted by molar-refractivity contribution is 0.0945. The van der Waals surface area contributed by atoms with Gasteiger partial charge in [-0.2, -0.15) is 0 Å². The minimum absolute atomic E-state index is 0.159. The van der Waals surface area contributed by atoms with Crippen molar-refractivity contribution in [1.29, 1.82) is 0 Å². The van der Waals surface area contributed by atoms with Gasteiger partial charge in [-0.3, -0.25) is 9.59 Å². The van der Waals surface area contributed by atoms with Crippen LogP contribution in [-0.4, -0.2) is 44.6 Å². The molecule has 1 aliphatic heterocycles. The highest BCUT2D eigenvalue weighted by atomic mass is 19.1. The Hall–Kier alpha value is -4.17. The molecule has 1 fully saturated rings. The fourth-order valence-corrected chi connectivity index (χ4v) is 4.93. The number of halogens is 1. The van der Waals surface area contributed by atoms with Crippen LogP contribution in [0.4, 0.5) is 4.39 Å². The third-order valence-corrected chi connectivity index (χ3v) is 7.07. The average molecular weight is 544 g/mol. The second-order valence-corrected chi connectivity index (χ2v) is 10.5. The Bertz CT molecular complexity index is 1520. The zero-order chi connectivity index (χ0) is 28.2. The lowest BCUT2D eigenvalue weighted by atomic mass is 9.98. The first-order valence-corrected chi connectivity index (χ1v) is 13.7. The summed E-state index contributed by atoms with van der Waals surface area (Å²) in [5.41, 5.74) is 3.50. The van der Waals surface area contributed by atoms with E-state index in [1.807, 2.05) is 38.1 Å². The van der Waals surface area contributed by atoms with E-state index in [0.29, 0.717) is 58.2 Å². The summed E-state index contributed by atoms with van der Waals surface area (Å²) in [7, 11) is 1.56. The lowest BCUT2D eigenvalue weighted by Crippen LogP contribution is -2.28. The Morgan fingerprint density at radius 2 is 1.82 bits per heavy atom. The van der Waals surface area contributed by atoms with Gasteiger partial charge in [-0.1, -0.05) is 19.9 Å². The van der Waals surface area contributed by atoms with Crippen LogP contribution in [-0.2, 0) is 0 Å². The summed E-state index contributed by atoms with van der Waals surface area (Å²) in [4.78, 5) is 26.0. The Kier molecular flexibility index (Phi) is 8.16. The molecule has 0 radical (unpaired) electrons. The Labute approximate surface area is 233 Å². The van der Waals surface area contributed by atoms with Gasteiger partial charge in [0.2, 0.25) is 0 Å². The van der Waals surface area contributed by atoms with Gasteiger partial charge in [0.05, 0.1) is 5.56 Å². The molecule has 40 heavy (non-hydrogen) atoms. The molecule has 0 aliphatic carbocycles. The van der Waals surface area contributed by atoms with Crippen molar-refractivity contribution < 1.29 is 23.1 Å². The van der Waals surface area contributed by atoms with Gasteiger partial charge in [0, 0.05) is 41.7 Å². The number of fused-ring (bicyclic) bond motifs is 1. The van der Waals surface area contributed by atoms with Crippen molar-refractivity contribution in [2.75, 3.05) is 26.7 Å². The summed E-state index contributed by atoms with van der Waals surface area (Å²) >= 11 is 0. The molecule has 3 N–H and O–H groups in total. The molecule has 4 aromatic rings. The Morgan fingerprint density at radius 3 is 2.52 bits per heavy atom. The second-order valence-electron chi connectivity index (χ2n) is 10.5. The normalized spacial score (nSPS) is 15.0. The van der Waals surface area contributed by atoms with Crippen molar-refractivity contribution in [3.8, 4) is 28.2 Å². The Balaban J connectivity index is 1.59. The molecule has 0 spiro atoms. The number of carbonyl (C=O) groups is 2. The summed E-state index contributed by atoms with van der Waals surface area (Å²) in [6.45, 7) is 6.15. The lowest BCUT2D eigenvalue weighted by Gasteiger charge is -2.17. The quantitative estimate of drug-likeness (QED) is 0.249. The van der Waals surface area contributed by atoms with Crippen LogP contribution in [0.25, 0.3) is 33.4 Å². The standard InChI is InChI=1S/C32H34FN3O4/c1-19(2)17-36-31(37)22-9-12-27(39-18-24-5-4-14-35-24)25(16-22)21-8-13-28-26(15-21)29(32(38)34-3)30(40-28)20-6-10-23(33)11-7-20/h6-13,15-16,19,24,35H,4-5,14,17-18H2,1-3H3,(H,34,38)(H,36,37). The summed E-state index contributed by atoms with van der Waals surface area (Å²) in [6.07, 6.45) is 2.17. The van der Waals surface area contributed by atoms with Crippen molar-refractivity contribution in [2.24, 2.45) is 5.92 Å². The molecule has 1 atom stereocenters. The van der Waals surface area contributed by atoms with Crippen LogP contribution >= 0.6 is 0 Å². The number of amides is 2. The number of carbonyl (C=O) groups excluding carboxylic acids is 2. The number of nitrogens with one attached hydrogen (secondary N) is 3. The molecular formula is C32H34FN3O4. The molecule has 0 saturated carbocycles. The second kappa shape index (κ2) is 11.9. The van der Waals surface area contributed by atoms with Crippen molar-refractivity contribution in [3.05, 3.63) is 77.6 Å². The van der Waals surface area contributed by atoms with E-state index in [9.17, 15) is 14.0 Å². The van der Waals surface area contributed by atoms with Gasteiger partial charge < -0.3 is 25.1 Å². The van der Waals surface area contributed by atoms with Gasteiger partial charge in [0.25, 0.3) is 11.8 Å². The number of hydrogen-bond donors (Lipinski definition) is 3. The SMILES string of the molecule is CNC(=O)c1c(-c2ccc(F)cc2)oc2ccc(-c3cc(C(=O)NCC(C)C)ccc3OCC3CCCN3)cc12. The molecule has 1 saturated heterocycles. The maximum absolute atomic E-state index is 13.6. The summed E-state index contributed by atoms with van der Waals surface area (Å²) in [5, 5.41) is 9.72. The van der Waals surface area contributed by atoms with Gasteiger partial charge in [0.15, 0.2) is 0 Å². The highest BCUT2D eigenvalue weighted by molar-refractivity contribution is 6.12. The molecule has 1 aromatic heterocycles. The largest absolute Gasteiger partial charge is 0.491 e. The molecular weight excluding hydrogens is 509 g/mol. The van der Waals surface area contributed by atoms with Crippen LogP contribution in [0.2, 0.25) is 0 Å². The summed E-state index contributed by atoms with van der Waals surface area (Å²) in [6, 6.07) is 17.1. The number of rotatable bonds is 9. The monoisotopic (exact) mass is 543 g/mol.